The highest BCUT2D eigenvalue weighted by Gasteiger charge is 2.08. The van der Waals surface area contributed by atoms with Gasteiger partial charge in [0.05, 0.1) is 6.10 Å². The fourth-order valence-electron chi connectivity index (χ4n) is 2.18. The maximum Gasteiger partial charge on any atom is 0.307 e. The molecule has 2 rings (SSSR count). The van der Waals surface area contributed by atoms with Gasteiger partial charge in [-0.2, -0.15) is 0 Å². The molecule has 0 aliphatic carbocycles. The number of carbonyl (C=O) groups is 1. The van der Waals surface area contributed by atoms with Gasteiger partial charge in [-0.05, 0) is 25.8 Å². The van der Waals surface area contributed by atoms with E-state index in [0.717, 1.165) is 29.0 Å². The first-order valence-electron chi connectivity index (χ1n) is 7.66. The number of thiazole rings is 1. The van der Waals surface area contributed by atoms with Crippen molar-refractivity contribution in [3.63, 3.8) is 0 Å². The number of rotatable bonds is 8. The lowest BCUT2D eigenvalue weighted by Crippen LogP contribution is -2.32. The lowest BCUT2D eigenvalue weighted by atomic mass is 10.1. The van der Waals surface area contributed by atoms with Crippen molar-refractivity contribution in [1.29, 1.82) is 0 Å². The molecule has 1 N–H and O–H groups in total. The monoisotopic (exact) mass is 334 g/mol. The first-order valence-corrected chi connectivity index (χ1v) is 8.54. The minimum Gasteiger partial charge on any atom is -0.374 e. The van der Waals surface area contributed by atoms with Gasteiger partial charge in [-0.25, -0.2) is 0 Å². The number of aromatic nitrogens is 1. The van der Waals surface area contributed by atoms with E-state index in [1.165, 1.54) is 4.57 Å². The van der Waals surface area contributed by atoms with E-state index >= 15 is 0 Å². The summed E-state index contributed by atoms with van der Waals surface area (Å²) in [6.07, 6.45) is 0.777. The van der Waals surface area contributed by atoms with Gasteiger partial charge in [0.15, 0.2) is 0 Å². The molecule has 1 amide bonds. The van der Waals surface area contributed by atoms with Gasteiger partial charge in [0.25, 0.3) is 0 Å². The van der Waals surface area contributed by atoms with Gasteiger partial charge in [-0.1, -0.05) is 41.7 Å². The Balaban J connectivity index is 1.64. The molecule has 1 aromatic carbocycles. The number of aryl methyl sites for hydroxylation is 1. The van der Waals surface area contributed by atoms with Crippen LogP contribution in [0.1, 0.15) is 30.7 Å². The maximum atomic E-state index is 11.8. The number of hydrogen-bond donors (Lipinski definition) is 1. The summed E-state index contributed by atoms with van der Waals surface area (Å²) in [5.41, 5.74) is 1.96. The summed E-state index contributed by atoms with van der Waals surface area (Å²) in [7, 11) is 0. The van der Waals surface area contributed by atoms with Crippen LogP contribution in [0.25, 0.3) is 0 Å². The Morgan fingerprint density at radius 2 is 2.09 bits per heavy atom. The highest BCUT2D eigenvalue weighted by Crippen LogP contribution is 2.15. The quantitative estimate of drug-likeness (QED) is 0.755. The Bertz CT molecular complexity index is 679. The minimum atomic E-state index is -0.148. The summed E-state index contributed by atoms with van der Waals surface area (Å²) < 4.78 is 7.23. The van der Waals surface area contributed by atoms with Crippen LogP contribution in [0.5, 0.6) is 0 Å². The number of benzene rings is 1. The predicted molar refractivity (Wildman–Crippen MR) is 91.8 cm³/mol. The normalized spacial score (nSPS) is 12.1. The van der Waals surface area contributed by atoms with E-state index < -0.39 is 0 Å². The zero-order valence-corrected chi connectivity index (χ0v) is 14.3. The van der Waals surface area contributed by atoms with E-state index in [9.17, 15) is 9.59 Å². The lowest BCUT2D eigenvalue weighted by Gasteiger charge is -2.13. The van der Waals surface area contributed by atoms with Gasteiger partial charge in [-0.3, -0.25) is 14.2 Å². The molecule has 23 heavy (non-hydrogen) atoms. The van der Waals surface area contributed by atoms with Crippen molar-refractivity contribution in [2.24, 2.45) is 0 Å². The molecule has 2 aromatic rings. The van der Waals surface area contributed by atoms with Crippen LogP contribution >= 0.6 is 11.3 Å². The molecule has 1 heterocycles. The third-order valence-corrected chi connectivity index (χ3v) is 4.44. The zero-order valence-electron chi connectivity index (χ0n) is 13.5. The average molecular weight is 334 g/mol. The average Bonchev–Trinajstić information content (AvgIpc) is 2.87. The topological polar surface area (TPSA) is 60.3 Å². The fourth-order valence-corrected chi connectivity index (χ4v) is 2.91. The van der Waals surface area contributed by atoms with Crippen LogP contribution in [0.15, 0.2) is 40.5 Å². The summed E-state index contributed by atoms with van der Waals surface area (Å²) in [6, 6.07) is 10.0. The van der Waals surface area contributed by atoms with Crippen LogP contribution in [0.2, 0.25) is 0 Å². The number of hydrogen-bond acceptors (Lipinski definition) is 4. The van der Waals surface area contributed by atoms with Crippen molar-refractivity contribution in [2.75, 3.05) is 13.2 Å². The summed E-state index contributed by atoms with van der Waals surface area (Å²) in [4.78, 5) is 23.3. The largest absolute Gasteiger partial charge is 0.374 e. The van der Waals surface area contributed by atoms with Crippen LogP contribution < -0.4 is 10.2 Å². The molecule has 0 radical (unpaired) electrons. The number of nitrogens with one attached hydrogen (secondary N) is 1. The summed E-state index contributed by atoms with van der Waals surface area (Å²) >= 11 is 1.11. The molecule has 0 aliphatic heterocycles. The van der Waals surface area contributed by atoms with Crippen molar-refractivity contribution in [3.8, 4) is 0 Å². The number of nitrogens with zero attached hydrogens (tertiary/aromatic N) is 1. The second-order valence-electron chi connectivity index (χ2n) is 5.36. The van der Waals surface area contributed by atoms with Gasteiger partial charge < -0.3 is 10.1 Å². The van der Waals surface area contributed by atoms with Gasteiger partial charge >= 0.3 is 4.87 Å². The maximum absolute atomic E-state index is 11.8. The molecule has 0 bridgehead atoms. The summed E-state index contributed by atoms with van der Waals surface area (Å²) in [6.45, 7) is 5.03. The van der Waals surface area contributed by atoms with Gasteiger partial charge in [0.1, 0.15) is 6.54 Å². The molecular weight excluding hydrogens is 312 g/mol. The molecule has 6 heteroatoms. The molecule has 0 saturated carbocycles. The molecule has 1 aromatic heterocycles. The van der Waals surface area contributed by atoms with E-state index in [1.54, 1.807) is 5.38 Å². The molecule has 0 spiro atoms. The fraction of sp³-hybridized carbons (Fsp3) is 0.412. The second kappa shape index (κ2) is 8.64. The highest BCUT2D eigenvalue weighted by atomic mass is 32.1. The van der Waals surface area contributed by atoms with Gasteiger partial charge in [0.2, 0.25) is 5.91 Å². The van der Waals surface area contributed by atoms with E-state index in [4.69, 9.17) is 4.74 Å². The molecule has 1 atom stereocenters. The molecule has 0 saturated heterocycles. The van der Waals surface area contributed by atoms with Gasteiger partial charge in [-0.15, -0.1) is 0 Å². The first-order chi connectivity index (χ1) is 11.1. The number of amides is 1. The summed E-state index contributed by atoms with van der Waals surface area (Å²) in [5.74, 6) is -0.148. The Labute approximate surface area is 139 Å². The number of carbonyl (C=O) groups excluding carboxylic acids is 1. The van der Waals surface area contributed by atoms with Crippen molar-refractivity contribution >= 4 is 17.2 Å². The van der Waals surface area contributed by atoms with Crippen LogP contribution in [-0.4, -0.2) is 23.6 Å². The summed E-state index contributed by atoms with van der Waals surface area (Å²) in [5, 5.41) is 4.57. The Kier molecular flexibility index (Phi) is 6.55. The SMILES string of the molecule is Cc1csc(=O)n1CC(=O)NCCCOC(C)c1ccccc1. The molecule has 5 nitrogen and oxygen atoms in total. The smallest absolute Gasteiger partial charge is 0.307 e. The van der Waals surface area contributed by atoms with Crippen molar-refractivity contribution in [1.82, 2.24) is 9.88 Å². The van der Waals surface area contributed by atoms with E-state index in [1.807, 2.05) is 44.2 Å². The van der Waals surface area contributed by atoms with Crippen LogP contribution in [0, 0.1) is 6.92 Å². The standard InChI is InChI=1S/C17H22N2O3S/c1-13-12-23-17(21)19(13)11-16(20)18-9-6-10-22-14(2)15-7-4-3-5-8-15/h3-5,7-8,12,14H,6,9-11H2,1-2H3,(H,18,20). The highest BCUT2D eigenvalue weighted by molar-refractivity contribution is 7.07. The predicted octanol–water partition coefficient (Wildman–Crippen LogP) is 2.50. The number of ether oxygens (including phenoxy) is 1. The Morgan fingerprint density at radius 1 is 1.35 bits per heavy atom. The first kappa shape index (κ1) is 17.4. The molecule has 0 fully saturated rings. The van der Waals surface area contributed by atoms with Gasteiger partial charge in [0, 0.05) is 24.2 Å². The van der Waals surface area contributed by atoms with Crippen LogP contribution in [0.4, 0.5) is 0 Å². The molecular formula is C17H22N2O3S. The van der Waals surface area contributed by atoms with Crippen LogP contribution in [-0.2, 0) is 16.1 Å². The van der Waals surface area contributed by atoms with Crippen molar-refractivity contribution in [2.45, 2.75) is 32.9 Å². The van der Waals surface area contributed by atoms with Crippen molar-refractivity contribution < 1.29 is 9.53 Å². The second-order valence-corrected chi connectivity index (χ2v) is 6.18. The lowest BCUT2D eigenvalue weighted by molar-refractivity contribution is -0.121. The van der Waals surface area contributed by atoms with E-state index in [2.05, 4.69) is 5.32 Å². The van der Waals surface area contributed by atoms with E-state index in [-0.39, 0.29) is 23.4 Å². The zero-order chi connectivity index (χ0) is 16.7. The Hall–Kier alpha value is -1.92. The molecule has 124 valence electrons. The van der Waals surface area contributed by atoms with Crippen LogP contribution in [0.3, 0.4) is 0 Å². The van der Waals surface area contributed by atoms with E-state index in [0.29, 0.717) is 13.2 Å². The molecule has 1 unspecified atom stereocenters. The minimum absolute atomic E-state index is 0.0407. The molecule has 0 aliphatic rings. The Morgan fingerprint density at radius 3 is 2.74 bits per heavy atom. The third kappa shape index (κ3) is 5.33. The third-order valence-electron chi connectivity index (χ3n) is 3.56. The van der Waals surface area contributed by atoms with Crippen molar-refractivity contribution in [3.05, 3.63) is 56.6 Å².